The molecule has 0 amide bonds. The van der Waals surface area contributed by atoms with Gasteiger partial charge in [-0.1, -0.05) is 6.08 Å². The minimum absolute atomic E-state index is 0.129. The minimum Gasteiger partial charge on any atom is -0.393 e. The number of hydrogen-bond acceptors (Lipinski definition) is 3. The first-order chi connectivity index (χ1) is 5.70. The lowest BCUT2D eigenvalue weighted by Gasteiger charge is -2.26. The quantitative estimate of drug-likeness (QED) is 0.589. The van der Waals surface area contributed by atoms with E-state index in [9.17, 15) is 9.50 Å². The Hall–Kier alpha value is -0.450. The van der Waals surface area contributed by atoms with E-state index in [0.29, 0.717) is 0 Å². The molecule has 0 saturated carbocycles. The molecule has 0 bridgehead atoms. The molecule has 0 aromatic carbocycles. The summed E-state index contributed by atoms with van der Waals surface area (Å²) in [6.45, 7) is 2.56. The molecule has 1 aliphatic heterocycles. The SMILES string of the molecule is C=CC1(CO)OCC(CF)C1O. The standard InChI is InChI=1S/C8H13FO3/c1-2-8(5-10)7(11)6(3-9)4-12-8/h2,6-7,10-11H,1,3-5H2. The van der Waals surface area contributed by atoms with Gasteiger partial charge in [0.2, 0.25) is 0 Å². The van der Waals surface area contributed by atoms with Crippen molar-refractivity contribution in [3.63, 3.8) is 0 Å². The van der Waals surface area contributed by atoms with E-state index in [1.54, 1.807) is 0 Å². The normalized spacial score (nSPS) is 41.6. The van der Waals surface area contributed by atoms with Crippen molar-refractivity contribution >= 4 is 0 Å². The zero-order valence-corrected chi connectivity index (χ0v) is 6.74. The van der Waals surface area contributed by atoms with Gasteiger partial charge in [-0.3, -0.25) is 4.39 Å². The van der Waals surface area contributed by atoms with Crippen molar-refractivity contribution in [2.45, 2.75) is 11.7 Å². The number of hydrogen-bond donors (Lipinski definition) is 2. The Labute approximate surface area is 70.5 Å². The molecule has 0 spiro atoms. The number of rotatable bonds is 3. The average Bonchev–Trinajstić information content (AvgIpc) is 2.43. The number of alkyl halides is 1. The summed E-state index contributed by atoms with van der Waals surface area (Å²) in [4.78, 5) is 0. The molecule has 2 N–H and O–H groups in total. The summed E-state index contributed by atoms with van der Waals surface area (Å²) in [7, 11) is 0. The first kappa shape index (κ1) is 9.64. The summed E-state index contributed by atoms with van der Waals surface area (Å²) < 4.78 is 17.3. The van der Waals surface area contributed by atoms with E-state index in [4.69, 9.17) is 9.84 Å². The van der Waals surface area contributed by atoms with Crippen LogP contribution in [0.5, 0.6) is 0 Å². The molecule has 0 aromatic heterocycles. The molecule has 3 atom stereocenters. The van der Waals surface area contributed by atoms with Crippen LogP contribution in [0.25, 0.3) is 0 Å². The molecule has 1 heterocycles. The van der Waals surface area contributed by atoms with Gasteiger partial charge in [0.1, 0.15) is 5.60 Å². The van der Waals surface area contributed by atoms with Gasteiger partial charge in [0, 0.05) is 5.92 Å². The Kier molecular flexibility index (Phi) is 2.82. The minimum atomic E-state index is -1.16. The maximum absolute atomic E-state index is 12.2. The third-order valence-electron chi connectivity index (χ3n) is 2.30. The number of ether oxygens (including phenoxy) is 1. The van der Waals surface area contributed by atoms with Gasteiger partial charge in [-0.15, -0.1) is 6.58 Å². The fourth-order valence-electron chi connectivity index (χ4n) is 1.35. The summed E-state index contributed by atoms with van der Waals surface area (Å²) in [5.41, 5.74) is -1.16. The second-order valence-electron chi connectivity index (χ2n) is 2.99. The largest absolute Gasteiger partial charge is 0.393 e. The molecule has 1 fully saturated rings. The molecule has 12 heavy (non-hydrogen) atoms. The molecule has 0 aromatic rings. The van der Waals surface area contributed by atoms with Crippen molar-refractivity contribution < 1.29 is 19.3 Å². The third kappa shape index (κ3) is 1.26. The van der Waals surface area contributed by atoms with Crippen LogP contribution in [0.2, 0.25) is 0 Å². The van der Waals surface area contributed by atoms with E-state index in [-0.39, 0.29) is 13.2 Å². The Morgan fingerprint density at radius 3 is 2.67 bits per heavy atom. The molecule has 0 radical (unpaired) electrons. The molecule has 0 aliphatic carbocycles. The highest BCUT2D eigenvalue weighted by Crippen LogP contribution is 2.31. The lowest BCUT2D eigenvalue weighted by atomic mass is 9.92. The lowest BCUT2D eigenvalue weighted by Crippen LogP contribution is -2.43. The van der Waals surface area contributed by atoms with Crippen LogP contribution >= 0.6 is 0 Å². The zero-order valence-electron chi connectivity index (χ0n) is 6.74. The van der Waals surface area contributed by atoms with Crippen LogP contribution in [-0.4, -0.2) is 41.8 Å². The first-order valence-electron chi connectivity index (χ1n) is 3.82. The first-order valence-corrected chi connectivity index (χ1v) is 3.82. The van der Waals surface area contributed by atoms with E-state index < -0.39 is 24.3 Å². The molecule has 70 valence electrons. The number of aliphatic hydroxyl groups is 2. The van der Waals surface area contributed by atoms with Gasteiger partial charge in [0.05, 0.1) is 26.0 Å². The predicted octanol–water partition coefficient (Wildman–Crippen LogP) is -0.120. The smallest absolute Gasteiger partial charge is 0.135 e. The Morgan fingerprint density at radius 2 is 2.42 bits per heavy atom. The fraction of sp³-hybridized carbons (Fsp3) is 0.750. The summed E-state index contributed by atoms with van der Waals surface area (Å²) in [6, 6.07) is 0. The van der Waals surface area contributed by atoms with Crippen molar-refractivity contribution in [3.05, 3.63) is 12.7 Å². The second-order valence-corrected chi connectivity index (χ2v) is 2.99. The van der Waals surface area contributed by atoms with Crippen molar-refractivity contribution in [2.24, 2.45) is 5.92 Å². The number of halogens is 1. The molecular weight excluding hydrogens is 163 g/mol. The molecule has 3 unspecified atom stereocenters. The van der Waals surface area contributed by atoms with Gasteiger partial charge in [-0.05, 0) is 0 Å². The maximum Gasteiger partial charge on any atom is 0.135 e. The Balaban J connectivity index is 2.74. The molecular formula is C8H13FO3. The van der Waals surface area contributed by atoms with Gasteiger partial charge in [-0.2, -0.15) is 0 Å². The van der Waals surface area contributed by atoms with Gasteiger partial charge in [0.15, 0.2) is 0 Å². The van der Waals surface area contributed by atoms with Crippen LogP contribution in [0.4, 0.5) is 4.39 Å². The highest BCUT2D eigenvalue weighted by Gasteiger charge is 2.46. The van der Waals surface area contributed by atoms with E-state index >= 15 is 0 Å². The lowest BCUT2D eigenvalue weighted by molar-refractivity contribution is -0.0572. The Morgan fingerprint density at radius 1 is 1.75 bits per heavy atom. The summed E-state index contributed by atoms with van der Waals surface area (Å²) in [6.07, 6.45) is 0.331. The molecule has 3 nitrogen and oxygen atoms in total. The van der Waals surface area contributed by atoms with Crippen molar-refractivity contribution in [3.8, 4) is 0 Å². The van der Waals surface area contributed by atoms with Crippen molar-refractivity contribution in [1.82, 2.24) is 0 Å². The maximum atomic E-state index is 12.2. The van der Waals surface area contributed by atoms with Crippen molar-refractivity contribution in [2.75, 3.05) is 19.9 Å². The topological polar surface area (TPSA) is 49.7 Å². The van der Waals surface area contributed by atoms with Crippen LogP contribution in [-0.2, 0) is 4.74 Å². The van der Waals surface area contributed by atoms with Gasteiger partial charge in [0.25, 0.3) is 0 Å². The van der Waals surface area contributed by atoms with Gasteiger partial charge < -0.3 is 14.9 Å². The average molecular weight is 176 g/mol. The van der Waals surface area contributed by atoms with Crippen LogP contribution in [0, 0.1) is 5.92 Å². The van der Waals surface area contributed by atoms with Crippen LogP contribution in [0.3, 0.4) is 0 Å². The monoisotopic (exact) mass is 176 g/mol. The number of aliphatic hydroxyl groups excluding tert-OH is 2. The molecule has 1 saturated heterocycles. The van der Waals surface area contributed by atoms with Crippen molar-refractivity contribution in [1.29, 1.82) is 0 Å². The summed E-state index contributed by atoms with van der Waals surface area (Å²) >= 11 is 0. The van der Waals surface area contributed by atoms with E-state index in [1.165, 1.54) is 6.08 Å². The van der Waals surface area contributed by atoms with E-state index in [0.717, 1.165) is 0 Å². The predicted molar refractivity (Wildman–Crippen MR) is 41.4 cm³/mol. The second kappa shape index (κ2) is 3.51. The van der Waals surface area contributed by atoms with Gasteiger partial charge in [-0.25, -0.2) is 0 Å². The molecule has 1 aliphatic rings. The highest BCUT2D eigenvalue weighted by molar-refractivity contribution is 5.08. The third-order valence-corrected chi connectivity index (χ3v) is 2.30. The van der Waals surface area contributed by atoms with E-state index in [2.05, 4.69) is 6.58 Å². The highest BCUT2D eigenvalue weighted by atomic mass is 19.1. The summed E-state index contributed by atoms with van der Waals surface area (Å²) in [5, 5.41) is 18.4. The zero-order chi connectivity index (χ0) is 9.19. The van der Waals surface area contributed by atoms with Gasteiger partial charge >= 0.3 is 0 Å². The van der Waals surface area contributed by atoms with Crippen LogP contribution < -0.4 is 0 Å². The molecule has 1 rings (SSSR count). The Bertz CT molecular complexity index is 174. The van der Waals surface area contributed by atoms with Crippen LogP contribution in [0.15, 0.2) is 12.7 Å². The van der Waals surface area contributed by atoms with E-state index in [1.807, 2.05) is 0 Å². The molecule has 4 heteroatoms. The summed E-state index contributed by atoms with van der Waals surface area (Å²) in [5.74, 6) is -0.546. The fourth-order valence-corrected chi connectivity index (χ4v) is 1.35. The van der Waals surface area contributed by atoms with Crippen LogP contribution in [0.1, 0.15) is 0 Å².